The minimum absolute atomic E-state index is 0.273. The van der Waals surface area contributed by atoms with Crippen molar-refractivity contribution < 1.29 is 23.7 Å². The van der Waals surface area contributed by atoms with Gasteiger partial charge in [-0.2, -0.15) is 0 Å². The third-order valence-corrected chi connectivity index (χ3v) is 4.52. The van der Waals surface area contributed by atoms with Gasteiger partial charge in [-0.05, 0) is 55.5 Å². The Morgan fingerprint density at radius 2 is 1.48 bits per heavy atom. The van der Waals surface area contributed by atoms with Gasteiger partial charge in [-0.15, -0.1) is 0 Å². The molecule has 1 heterocycles. The quantitative estimate of drug-likeness (QED) is 0.686. The molecule has 0 saturated carbocycles. The van der Waals surface area contributed by atoms with Gasteiger partial charge in [-0.3, -0.25) is 4.79 Å². The molecule has 1 N–H and O–H groups in total. The van der Waals surface area contributed by atoms with Gasteiger partial charge in [0.25, 0.3) is 5.91 Å². The molecular formula is C23H21NO5. The van der Waals surface area contributed by atoms with Crippen LogP contribution in [-0.2, 0) is 4.79 Å². The summed E-state index contributed by atoms with van der Waals surface area (Å²) in [6, 6.07) is 21.8. The van der Waals surface area contributed by atoms with E-state index in [1.165, 1.54) is 0 Å². The molecule has 0 spiro atoms. The zero-order chi connectivity index (χ0) is 20.2. The van der Waals surface area contributed by atoms with Gasteiger partial charge in [-0.1, -0.05) is 24.3 Å². The molecule has 2 atom stereocenters. The van der Waals surface area contributed by atoms with Crippen molar-refractivity contribution in [3.63, 3.8) is 0 Å². The lowest BCUT2D eigenvalue weighted by Gasteiger charge is -2.31. The summed E-state index contributed by atoms with van der Waals surface area (Å²) >= 11 is 0. The number of anilines is 1. The van der Waals surface area contributed by atoms with E-state index in [2.05, 4.69) is 5.32 Å². The van der Waals surface area contributed by atoms with Gasteiger partial charge in [0, 0.05) is 5.69 Å². The molecule has 6 heteroatoms. The smallest absolute Gasteiger partial charge is 0.269 e. The van der Waals surface area contributed by atoms with Gasteiger partial charge in [0.1, 0.15) is 11.9 Å². The van der Waals surface area contributed by atoms with Crippen LogP contribution in [0.4, 0.5) is 5.69 Å². The zero-order valence-corrected chi connectivity index (χ0v) is 16.1. The Bertz CT molecular complexity index is 1000. The largest absolute Gasteiger partial charge is 0.493 e. The number of hydrogen-bond acceptors (Lipinski definition) is 5. The SMILES string of the molecule is COc1ccccc1Oc1ccc(NC(=O)[C@H]2Oc3ccccc3O[C@H]2C)cc1. The Morgan fingerprint density at radius 3 is 2.17 bits per heavy atom. The molecule has 1 aliphatic heterocycles. The minimum Gasteiger partial charge on any atom is -0.493 e. The summed E-state index contributed by atoms with van der Waals surface area (Å²) in [5.74, 6) is 2.83. The van der Waals surface area contributed by atoms with Crippen LogP contribution in [0.3, 0.4) is 0 Å². The van der Waals surface area contributed by atoms with Gasteiger partial charge in [-0.25, -0.2) is 0 Å². The number of fused-ring (bicyclic) bond motifs is 1. The monoisotopic (exact) mass is 391 g/mol. The molecule has 0 fully saturated rings. The Balaban J connectivity index is 1.42. The Morgan fingerprint density at radius 1 is 0.862 bits per heavy atom. The average Bonchev–Trinajstić information content (AvgIpc) is 2.75. The molecular weight excluding hydrogens is 370 g/mol. The highest BCUT2D eigenvalue weighted by Gasteiger charge is 2.34. The predicted molar refractivity (Wildman–Crippen MR) is 109 cm³/mol. The number of carbonyl (C=O) groups excluding carboxylic acids is 1. The van der Waals surface area contributed by atoms with Crippen LogP contribution in [0.25, 0.3) is 0 Å². The molecule has 0 radical (unpaired) electrons. The number of amides is 1. The second-order valence-electron chi connectivity index (χ2n) is 6.57. The zero-order valence-electron chi connectivity index (χ0n) is 16.1. The number of ether oxygens (including phenoxy) is 4. The van der Waals surface area contributed by atoms with E-state index in [1.807, 2.05) is 49.4 Å². The lowest BCUT2D eigenvalue weighted by atomic mass is 10.1. The van der Waals surface area contributed by atoms with E-state index in [0.29, 0.717) is 34.4 Å². The molecule has 29 heavy (non-hydrogen) atoms. The van der Waals surface area contributed by atoms with Crippen LogP contribution in [-0.4, -0.2) is 25.2 Å². The summed E-state index contributed by atoms with van der Waals surface area (Å²) in [6.07, 6.45) is -1.15. The molecule has 148 valence electrons. The number of nitrogens with one attached hydrogen (secondary N) is 1. The Labute approximate surface area is 169 Å². The van der Waals surface area contributed by atoms with Gasteiger partial charge < -0.3 is 24.3 Å². The lowest BCUT2D eigenvalue weighted by Crippen LogP contribution is -2.46. The summed E-state index contributed by atoms with van der Waals surface area (Å²) in [5, 5.41) is 2.86. The number of methoxy groups -OCH3 is 1. The Hall–Kier alpha value is -3.67. The van der Waals surface area contributed by atoms with Crippen LogP contribution in [0.5, 0.6) is 28.7 Å². The fourth-order valence-corrected chi connectivity index (χ4v) is 3.06. The number of para-hydroxylation sites is 4. The van der Waals surface area contributed by atoms with E-state index in [9.17, 15) is 4.79 Å². The molecule has 0 unspecified atom stereocenters. The third-order valence-electron chi connectivity index (χ3n) is 4.52. The molecule has 0 bridgehead atoms. The van der Waals surface area contributed by atoms with Gasteiger partial charge in [0.2, 0.25) is 6.10 Å². The molecule has 3 aromatic carbocycles. The van der Waals surface area contributed by atoms with Crippen LogP contribution in [0.1, 0.15) is 6.92 Å². The van der Waals surface area contributed by atoms with Crippen molar-refractivity contribution in [1.29, 1.82) is 0 Å². The second-order valence-corrected chi connectivity index (χ2v) is 6.57. The van der Waals surface area contributed by atoms with Crippen LogP contribution in [0.2, 0.25) is 0 Å². The van der Waals surface area contributed by atoms with Crippen LogP contribution < -0.4 is 24.3 Å². The van der Waals surface area contributed by atoms with E-state index in [-0.39, 0.29) is 5.91 Å². The van der Waals surface area contributed by atoms with Gasteiger partial charge in [0.15, 0.2) is 23.0 Å². The highest BCUT2D eigenvalue weighted by atomic mass is 16.6. The van der Waals surface area contributed by atoms with Crippen LogP contribution >= 0.6 is 0 Å². The fourth-order valence-electron chi connectivity index (χ4n) is 3.06. The number of benzene rings is 3. The van der Waals surface area contributed by atoms with E-state index >= 15 is 0 Å². The number of rotatable bonds is 5. The first kappa shape index (κ1) is 18.7. The summed E-state index contributed by atoms with van der Waals surface area (Å²) in [4.78, 5) is 12.7. The van der Waals surface area contributed by atoms with Crippen molar-refractivity contribution in [1.82, 2.24) is 0 Å². The van der Waals surface area contributed by atoms with E-state index in [0.717, 1.165) is 0 Å². The highest BCUT2D eigenvalue weighted by Crippen LogP contribution is 2.34. The van der Waals surface area contributed by atoms with Gasteiger partial charge in [0.05, 0.1) is 7.11 Å². The lowest BCUT2D eigenvalue weighted by molar-refractivity contribution is -0.128. The summed E-state index contributed by atoms with van der Waals surface area (Å²) in [5.41, 5.74) is 0.636. The second kappa shape index (κ2) is 8.14. The highest BCUT2D eigenvalue weighted by molar-refractivity contribution is 5.95. The first-order valence-corrected chi connectivity index (χ1v) is 9.28. The maximum atomic E-state index is 12.7. The summed E-state index contributed by atoms with van der Waals surface area (Å²) in [6.45, 7) is 1.81. The van der Waals surface area contributed by atoms with E-state index in [1.54, 1.807) is 37.4 Å². The molecule has 3 aromatic rings. The first-order valence-electron chi connectivity index (χ1n) is 9.28. The van der Waals surface area contributed by atoms with E-state index in [4.69, 9.17) is 18.9 Å². The van der Waals surface area contributed by atoms with Crippen molar-refractivity contribution in [2.45, 2.75) is 19.1 Å². The molecule has 1 aliphatic rings. The first-order chi connectivity index (χ1) is 14.1. The molecule has 1 amide bonds. The van der Waals surface area contributed by atoms with Crippen molar-refractivity contribution in [2.24, 2.45) is 0 Å². The molecule has 6 nitrogen and oxygen atoms in total. The number of hydrogen-bond donors (Lipinski definition) is 1. The normalized spacial score (nSPS) is 17.3. The number of carbonyl (C=O) groups is 1. The van der Waals surface area contributed by atoms with Crippen molar-refractivity contribution in [2.75, 3.05) is 12.4 Å². The molecule has 0 saturated heterocycles. The summed E-state index contributed by atoms with van der Waals surface area (Å²) < 4.78 is 22.8. The van der Waals surface area contributed by atoms with E-state index < -0.39 is 12.2 Å². The maximum absolute atomic E-state index is 12.7. The average molecular weight is 391 g/mol. The van der Waals surface area contributed by atoms with Crippen LogP contribution in [0, 0.1) is 0 Å². The molecule has 0 aliphatic carbocycles. The van der Waals surface area contributed by atoms with Crippen molar-refractivity contribution >= 4 is 11.6 Å². The van der Waals surface area contributed by atoms with Crippen molar-refractivity contribution in [3.05, 3.63) is 72.8 Å². The standard InChI is InChI=1S/C23H21NO5/c1-15-22(29-21-10-6-5-9-20(21)27-15)23(25)24-16-11-13-17(14-12-16)28-19-8-4-3-7-18(19)26-2/h3-15,22H,1-2H3,(H,24,25)/t15-,22-/m0/s1. The summed E-state index contributed by atoms with van der Waals surface area (Å²) in [7, 11) is 1.59. The van der Waals surface area contributed by atoms with Crippen molar-refractivity contribution in [3.8, 4) is 28.7 Å². The predicted octanol–water partition coefficient (Wildman–Crippen LogP) is 4.65. The minimum atomic E-state index is -0.741. The Kier molecular flexibility index (Phi) is 5.24. The maximum Gasteiger partial charge on any atom is 0.269 e. The molecule has 0 aromatic heterocycles. The molecule has 4 rings (SSSR count). The fraction of sp³-hybridized carbons (Fsp3) is 0.174. The third kappa shape index (κ3) is 4.11. The van der Waals surface area contributed by atoms with Gasteiger partial charge >= 0.3 is 0 Å². The topological polar surface area (TPSA) is 66.0 Å². The van der Waals surface area contributed by atoms with Crippen LogP contribution in [0.15, 0.2) is 72.8 Å².